The number of fused-ring (bicyclic) bond motifs is 1. The summed E-state index contributed by atoms with van der Waals surface area (Å²) in [5.41, 5.74) is -0.293. The monoisotopic (exact) mass is 663 g/mol. The normalized spacial score (nSPS) is 16.9. The van der Waals surface area contributed by atoms with Crippen molar-refractivity contribution in [3.63, 3.8) is 0 Å². The van der Waals surface area contributed by atoms with Gasteiger partial charge in [-0.15, -0.1) is 0 Å². The maximum atomic E-state index is 13.0. The van der Waals surface area contributed by atoms with Crippen LogP contribution < -0.4 is 30.9 Å². The smallest absolute Gasteiger partial charge is 0.489 e. The fraction of sp³-hybridized carbons (Fsp3) is 0.346. The maximum absolute atomic E-state index is 13.0. The minimum absolute atomic E-state index is 0.0393. The molecule has 2 amide bonds. The van der Waals surface area contributed by atoms with Gasteiger partial charge in [0.1, 0.15) is 28.4 Å². The number of nitrogens with zero attached hydrogens (tertiary/aromatic N) is 2. The summed E-state index contributed by atoms with van der Waals surface area (Å²) in [7, 11) is -4.29. The molecule has 2 aromatic carbocycles. The molecular weight excluding hydrogens is 640 g/mol. The molecule has 2 heterocycles. The number of alkyl halides is 3. The molecule has 0 bridgehead atoms. The van der Waals surface area contributed by atoms with Crippen molar-refractivity contribution < 1.29 is 45.4 Å². The lowest BCUT2D eigenvalue weighted by Gasteiger charge is -2.34. The number of nitrogens with two attached hydrogens (primary N) is 1. The third kappa shape index (κ3) is 7.97. The zero-order valence-electron chi connectivity index (χ0n) is 22.1. The van der Waals surface area contributed by atoms with Crippen LogP contribution in [0.15, 0.2) is 41.3 Å². The van der Waals surface area contributed by atoms with Gasteiger partial charge in [-0.25, -0.2) is 23.7 Å². The molecule has 0 unspecified atom stereocenters. The van der Waals surface area contributed by atoms with Crippen molar-refractivity contribution in [2.75, 3.05) is 26.2 Å². The van der Waals surface area contributed by atoms with Crippen LogP contribution in [0.2, 0.25) is 10.0 Å². The topological polar surface area (TPSA) is 159 Å². The van der Waals surface area contributed by atoms with Crippen molar-refractivity contribution in [1.29, 1.82) is 0 Å². The van der Waals surface area contributed by atoms with Gasteiger partial charge in [0.2, 0.25) is 10.0 Å². The van der Waals surface area contributed by atoms with E-state index in [1.807, 2.05) is 0 Å². The molecule has 11 nitrogen and oxygen atoms in total. The van der Waals surface area contributed by atoms with E-state index in [0.29, 0.717) is 23.3 Å². The molecule has 0 saturated carbocycles. The molecule has 0 aromatic heterocycles. The first-order valence-electron chi connectivity index (χ1n) is 12.7. The molecule has 2 aromatic rings. The summed E-state index contributed by atoms with van der Waals surface area (Å²) in [4.78, 5) is 38.1. The van der Waals surface area contributed by atoms with Gasteiger partial charge in [-0.1, -0.05) is 47.5 Å². The highest BCUT2D eigenvalue weighted by atomic mass is 35.5. The number of carbonyl (C=O) groups is 3. The molecule has 17 heteroatoms. The number of halogens is 5. The largest absolute Gasteiger partial charge is 0.490 e. The number of hydrogen-bond donors (Lipinski definition) is 2. The van der Waals surface area contributed by atoms with Crippen LogP contribution in [-0.2, 0) is 29.1 Å². The minimum atomic E-state index is -5.27. The highest BCUT2D eigenvalue weighted by molar-refractivity contribution is 7.89. The quantitative estimate of drug-likeness (QED) is 0.373. The van der Waals surface area contributed by atoms with Gasteiger partial charge in [0, 0.05) is 36.3 Å². The molecule has 3 N–H and O–H groups in total. The van der Waals surface area contributed by atoms with Crippen LogP contribution >= 0.6 is 23.2 Å². The van der Waals surface area contributed by atoms with Crippen LogP contribution in [0.4, 0.5) is 13.2 Å². The number of esters is 1. The summed E-state index contributed by atoms with van der Waals surface area (Å²) >= 11 is 11.9. The molecule has 0 aliphatic carbocycles. The molecule has 4 rings (SSSR count). The summed E-state index contributed by atoms with van der Waals surface area (Å²) < 4.78 is 73.6. The maximum Gasteiger partial charge on any atom is 0.490 e. The van der Waals surface area contributed by atoms with Crippen LogP contribution in [0.3, 0.4) is 0 Å². The van der Waals surface area contributed by atoms with Crippen molar-refractivity contribution in [3.8, 4) is 5.75 Å². The predicted molar refractivity (Wildman–Crippen MR) is 148 cm³/mol. The van der Waals surface area contributed by atoms with Gasteiger partial charge in [-0.2, -0.15) is 13.2 Å². The van der Waals surface area contributed by atoms with E-state index < -0.39 is 57.6 Å². The minimum Gasteiger partial charge on any atom is -0.489 e. The predicted octanol–water partition coefficient (Wildman–Crippen LogP) is 0.808. The third-order valence-electron chi connectivity index (χ3n) is 6.58. The van der Waals surface area contributed by atoms with Crippen molar-refractivity contribution in [2.45, 2.75) is 36.1 Å². The molecule has 1 saturated heterocycles. The first kappa shape index (κ1) is 32.5. The van der Waals surface area contributed by atoms with E-state index in [0.717, 1.165) is 0 Å². The molecule has 0 spiro atoms. The number of benzene rings is 2. The molecule has 43 heavy (non-hydrogen) atoms. The SMILES string of the molecule is NS(=O)(=O)c1c(OC2CCN(C[C@@H](CNC(=O)C3=c4ccccc4=C[N]C3=O)OC(=O)C(F)(F)F)CC2)ccc(Cl)c1Cl. The van der Waals surface area contributed by atoms with Crippen molar-refractivity contribution >= 4 is 62.8 Å². The Labute approximate surface area is 253 Å². The Morgan fingerprint density at radius 1 is 1.14 bits per heavy atom. The fourth-order valence-corrected chi connectivity index (χ4v) is 6.02. The van der Waals surface area contributed by atoms with Crippen LogP contribution in [-0.4, -0.2) is 75.7 Å². The average molecular weight is 664 g/mol. The number of piperidine rings is 1. The Bertz CT molecular complexity index is 1660. The van der Waals surface area contributed by atoms with Crippen molar-refractivity contribution in [1.82, 2.24) is 15.5 Å². The Hall–Kier alpha value is -3.37. The Morgan fingerprint density at radius 3 is 2.47 bits per heavy atom. The fourth-order valence-electron chi connectivity index (χ4n) is 4.57. The van der Waals surface area contributed by atoms with E-state index >= 15 is 0 Å². The van der Waals surface area contributed by atoms with E-state index in [1.165, 1.54) is 24.4 Å². The number of amides is 2. The molecule has 231 valence electrons. The van der Waals surface area contributed by atoms with E-state index in [4.69, 9.17) is 33.1 Å². The lowest BCUT2D eigenvalue weighted by Crippen LogP contribution is -2.49. The second-order valence-corrected chi connectivity index (χ2v) is 11.9. The van der Waals surface area contributed by atoms with Gasteiger partial charge < -0.3 is 14.8 Å². The number of rotatable bonds is 9. The van der Waals surface area contributed by atoms with Crippen LogP contribution in [0.1, 0.15) is 12.8 Å². The second-order valence-electron chi connectivity index (χ2n) is 9.61. The van der Waals surface area contributed by atoms with E-state index in [2.05, 4.69) is 15.4 Å². The molecule has 1 radical (unpaired) electrons. The number of ether oxygens (including phenoxy) is 2. The van der Waals surface area contributed by atoms with Crippen molar-refractivity contribution in [2.24, 2.45) is 5.14 Å². The molecular formula is C26H24Cl2F3N4O7S. The van der Waals surface area contributed by atoms with Gasteiger partial charge in [-0.3, -0.25) is 14.5 Å². The Kier molecular flexibility index (Phi) is 9.91. The number of primary sulfonamides is 1. The molecule has 2 aliphatic heterocycles. The third-order valence-corrected chi connectivity index (χ3v) is 8.47. The molecule has 1 atom stereocenters. The van der Waals surface area contributed by atoms with Crippen LogP contribution in [0, 0.1) is 0 Å². The van der Waals surface area contributed by atoms with Gasteiger partial charge >= 0.3 is 12.1 Å². The summed E-state index contributed by atoms with van der Waals surface area (Å²) in [6.07, 6.45) is -5.31. The standard InChI is InChI=1S/C26H24Cl2F3N4O7S/c27-18-5-6-19(22(21(18)28)43(32,39)40)41-15-7-9-35(10-8-15)13-16(42-25(38)26(29,30)31)12-34-24(37)20-17-4-2-1-3-14(17)11-33-23(20)36/h1-6,11,15-16H,7-10,12-13H2,(H,34,37)(H2,32,39,40)/t16-/m1/s1. The van der Waals surface area contributed by atoms with E-state index in [1.54, 1.807) is 23.1 Å². The number of nitrogens with one attached hydrogen (secondary N) is 1. The summed E-state index contributed by atoms with van der Waals surface area (Å²) in [5.74, 6) is -4.25. The zero-order chi connectivity index (χ0) is 31.5. The Balaban J connectivity index is 1.43. The first-order chi connectivity index (χ1) is 20.1. The highest BCUT2D eigenvalue weighted by Gasteiger charge is 2.42. The second kappa shape index (κ2) is 13.1. The molecule has 1 fully saturated rings. The summed E-state index contributed by atoms with van der Waals surface area (Å²) in [5, 5.41) is 11.8. The summed E-state index contributed by atoms with van der Waals surface area (Å²) in [6.45, 7) is -0.214. The lowest BCUT2D eigenvalue weighted by molar-refractivity contribution is -0.205. The molecule has 2 aliphatic rings. The number of likely N-dealkylation sites (tertiary alicyclic amines) is 1. The highest BCUT2D eigenvalue weighted by Crippen LogP contribution is 2.37. The van der Waals surface area contributed by atoms with E-state index in [9.17, 15) is 36.0 Å². The average Bonchev–Trinajstić information content (AvgIpc) is 2.93. The number of hydrogen-bond acceptors (Lipinski definition) is 8. The number of sulfonamides is 1. The van der Waals surface area contributed by atoms with Gasteiger partial charge in [0.05, 0.1) is 16.6 Å². The van der Waals surface area contributed by atoms with Crippen LogP contribution in [0.25, 0.3) is 11.8 Å². The van der Waals surface area contributed by atoms with Gasteiger partial charge in [-0.05, 0) is 25.0 Å². The van der Waals surface area contributed by atoms with Gasteiger partial charge in [0.25, 0.3) is 11.8 Å². The lowest BCUT2D eigenvalue weighted by atomic mass is 10.1. The van der Waals surface area contributed by atoms with Crippen molar-refractivity contribution in [3.05, 3.63) is 56.9 Å². The van der Waals surface area contributed by atoms with Gasteiger partial charge in [0.15, 0.2) is 0 Å². The van der Waals surface area contributed by atoms with Crippen LogP contribution in [0.5, 0.6) is 5.75 Å². The number of carbonyl (C=O) groups excluding carboxylic acids is 3. The summed E-state index contributed by atoms with van der Waals surface area (Å²) in [6, 6.07) is 9.12. The Morgan fingerprint density at radius 2 is 1.81 bits per heavy atom. The first-order valence-corrected chi connectivity index (χ1v) is 15.0. The van der Waals surface area contributed by atoms with E-state index in [-0.39, 0.29) is 41.0 Å². The zero-order valence-corrected chi connectivity index (χ0v) is 24.4.